The average molecular weight is 580 g/mol. The van der Waals surface area contributed by atoms with Crippen molar-refractivity contribution in [3.8, 4) is 0 Å². The van der Waals surface area contributed by atoms with Crippen molar-refractivity contribution in [1.82, 2.24) is 0 Å². The van der Waals surface area contributed by atoms with Crippen molar-refractivity contribution in [1.29, 1.82) is 0 Å². The Morgan fingerprint density at radius 1 is 1.02 bits per heavy atom. The third kappa shape index (κ3) is 3.93. The van der Waals surface area contributed by atoms with Crippen LogP contribution in [0.1, 0.15) is 115 Å². The van der Waals surface area contributed by atoms with Gasteiger partial charge in [0.1, 0.15) is 5.82 Å². The lowest BCUT2D eigenvalue weighted by Crippen LogP contribution is -2.67. The van der Waals surface area contributed by atoms with E-state index in [9.17, 15) is 9.90 Å². The number of carbonyl (C=O) groups is 1. The van der Waals surface area contributed by atoms with Crippen molar-refractivity contribution in [2.24, 2.45) is 62.9 Å². The van der Waals surface area contributed by atoms with Crippen LogP contribution in [-0.2, 0) is 4.74 Å². The molecule has 1 aromatic rings. The van der Waals surface area contributed by atoms with Crippen LogP contribution in [0, 0.1) is 63.0 Å². The summed E-state index contributed by atoms with van der Waals surface area (Å²) in [6.45, 7) is 15.1. The van der Waals surface area contributed by atoms with E-state index in [1.807, 2.05) is 6.07 Å². The van der Waals surface area contributed by atoms with Gasteiger partial charge in [0.05, 0.1) is 12.7 Å². The molecule has 0 spiro atoms. The van der Waals surface area contributed by atoms with E-state index < -0.39 is 11.8 Å². The van der Waals surface area contributed by atoms with E-state index in [4.69, 9.17) is 10.5 Å². The minimum absolute atomic E-state index is 0.00870. The summed E-state index contributed by atoms with van der Waals surface area (Å²) in [5, 5.41) is 10.2. The minimum Gasteiger partial charge on any atom is -0.465 e. The first-order chi connectivity index (χ1) is 19.7. The van der Waals surface area contributed by atoms with Crippen LogP contribution in [0.25, 0.3) is 5.57 Å². The zero-order chi connectivity index (χ0) is 30.5. The molecule has 10 atom stereocenters. The number of esters is 1. The van der Waals surface area contributed by atoms with Crippen LogP contribution in [0.5, 0.6) is 0 Å². The second-order valence-corrected chi connectivity index (χ2v) is 16.5. The molecule has 3 N–H and O–H groups in total. The molecule has 5 aliphatic rings. The summed E-state index contributed by atoms with van der Waals surface area (Å²) in [5.74, 6) is 1.96. The van der Waals surface area contributed by atoms with Gasteiger partial charge < -0.3 is 15.6 Å². The fraction of sp³-hybridized carbons (Fsp3) is 0.757. The van der Waals surface area contributed by atoms with Crippen LogP contribution < -0.4 is 5.73 Å². The predicted octanol–water partition coefficient (Wildman–Crippen LogP) is 8.03. The summed E-state index contributed by atoms with van der Waals surface area (Å²) in [6.07, 6.45) is 12.9. The minimum atomic E-state index is -0.636. The first kappa shape index (κ1) is 30.3. The molecule has 4 nitrogen and oxygen atoms in total. The Morgan fingerprint density at radius 2 is 1.76 bits per heavy atom. The molecular weight excluding hydrogens is 525 g/mol. The Morgan fingerprint density at radius 3 is 2.43 bits per heavy atom. The highest BCUT2D eigenvalue weighted by molar-refractivity contribution is 5.90. The Hall–Kier alpha value is -1.72. The topological polar surface area (TPSA) is 72.5 Å². The smallest absolute Gasteiger partial charge is 0.340 e. The van der Waals surface area contributed by atoms with Crippen LogP contribution >= 0.6 is 0 Å². The maximum Gasteiger partial charge on any atom is 0.340 e. The normalized spacial score (nSPS) is 44.6. The molecule has 42 heavy (non-hydrogen) atoms. The average Bonchev–Trinajstić information content (AvgIpc) is 3.29. The molecule has 1 unspecified atom stereocenters. The number of aliphatic hydroxyl groups is 1. The molecule has 4 saturated carbocycles. The molecule has 6 rings (SSSR count). The summed E-state index contributed by atoms with van der Waals surface area (Å²) < 4.78 is 19.8. The zero-order valence-corrected chi connectivity index (χ0v) is 27.1. The van der Waals surface area contributed by atoms with Gasteiger partial charge in [0.2, 0.25) is 0 Å². The number of ether oxygens (including phenoxy) is 1. The third-order valence-electron chi connectivity index (χ3n) is 14.8. The van der Waals surface area contributed by atoms with Gasteiger partial charge in [-0.3, -0.25) is 0 Å². The lowest BCUT2D eigenvalue weighted by molar-refractivity contribution is -0.219. The third-order valence-corrected chi connectivity index (χ3v) is 14.8. The van der Waals surface area contributed by atoms with Gasteiger partial charge in [-0.1, -0.05) is 53.7 Å². The summed E-state index contributed by atoms with van der Waals surface area (Å²) >= 11 is 0. The van der Waals surface area contributed by atoms with Crippen LogP contribution in [0.2, 0.25) is 0 Å². The maximum absolute atomic E-state index is 15.0. The van der Waals surface area contributed by atoms with Gasteiger partial charge in [-0.2, -0.15) is 0 Å². The SMILES string of the molecule is COC(=O)c1ccc(C2=CC[C@]3(C)[C@H]4CC[C@@H]5[C@H]6[C@H](C(C)CO)CC[C@]6(N)CC[C@@]5(C)[C@]4(C)CC[C@H]3C2(C)C)cc1F. The zero-order valence-electron chi connectivity index (χ0n) is 27.1. The van der Waals surface area contributed by atoms with Crippen LogP contribution in [0.4, 0.5) is 4.39 Å². The number of benzene rings is 1. The van der Waals surface area contributed by atoms with Crippen LogP contribution in [-0.4, -0.2) is 30.3 Å². The molecule has 0 aliphatic heterocycles. The van der Waals surface area contributed by atoms with Gasteiger partial charge >= 0.3 is 5.97 Å². The highest BCUT2D eigenvalue weighted by Gasteiger charge is 2.70. The van der Waals surface area contributed by atoms with Crippen molar-refractivity contribution in [3.05, 3.63) is 41.2 Å². The van der Waals surface area contributed by atoms with E-state index in [1.54, 1.807) is 6.07 Å². The number of methoxy groups -OCH3 is 1. The van der Waals surface area contributed by atoms with Gasteiger partial charge in [-0.25, -0.2) is 9.18 Å². The quantitative estimate of drug-likeness (QED) is 0.354. The maximum atomic E-state index is 15.0. The monoisotopic (exact) mass is 579 g/mol. The van der Waals surface area contributed by atoms with E-state index in [1.165, 1.54) is 57.3 Å². The molecule has 0 bridgehead atoms. The first-order valence-corrected chi connectivity index (χ1v) is 16.7. The van der Waals surface area contributed by atoms with Gasteiger partial charge in [-0.05, 0) is 138 Å². The van der Waals surface area contributed by atoms with Crippen molar-refractivity contribution in [3.63, 3.8) is 0 Å². The van der Waals surface area contributed by atoms with Crippen LogP contribution in [0.3, 0.4) is 0 Å². The number of allylic oxidation sites excluding steroid dienone is 2. The summed E-state index contributed by atoms with van der Waals surface area (Å²) in [5.41, 5.74) is 9.83. The summed E-state index contributed by atoms with van der Waals surface area (Å²) in [7, 11) is 1.29. The van der Waals surface area contributed by atoms with Crippen LogP contribution in [0.15, 0.2) is 24.3 Å². The van der Waals surface area contributed by atoms with E-state index >= 15 is 4.39 Å². The largest absolute Gasteiger partial charge is 0.465 e. The van der Waals surface area contributed by atoms with Crippen molar-refractivity contribution >= 4 is 11.5 Å². The number of rotatable bonds is 4. The standard InChI is InChI=1S/C37H54FNO3/c1-22(21-40)24-12-17-37(39)19-18-35(5)27(31(24)37)10-11-30-34(4)15-13-26(33(2,3)29(34)14-16-36(30,35)6)23-8-9-25(28(38)20-23)32(41)42-7/h8-9,13,20,22,24,27,29-31,40H,10-12,14-19,21,39H2,1-7H3/t22?,24-,27+,29-,30+,31+,34-,35+,36+,37-/m0/s1. The van der Waals surface area contributed by atoms with Gasteiger partial charge in [-0.15, -0.1) is 0 Å². The number of halogens is 1. The first-order valence-electron chi connectivity index (χ1n) is 16.7. The van der Waals surface area contributed by atoms with E-state index in [2.05, 4.69) is 47.6 Å². The van der Waals surface area contributed by atoms with E-state index in [0.29, 0.717) is 35.5 Å². The van der Waals surface area contributed by atoms with Crippen molar-refractivity contribution < 1.29 is 19.0 Å². The van der Waals surface area contributed by atoms with Gasteiger partial charge in [0.25, 0.3) is 0 Å². The molecule has 4 fully saturated rings. The number of hydrogen-bond donors (Lipinski definition) is 2. The summed E-state index contributed by atoms with van der Waals surface area (Å²) in [6, 6.07) is 5.02. The second-order valence-electron chi connectivity index (χ2n) is 16.5. The highest BCUT2D eigenvalue weighted by atomic mass is 19.1. The Kier molecular flexibility index (Phi) is 7.14. The molecular formula is C37H54FNO3. The molecule has 1 aromatic carbocycles. The molecule has 0 aromatic heterocycles. The molecule has 0 heterocycles. The fourth-order valence-electron chi connectivity index (χ4n) is 12.5. The molecule has 0 amide bonds. The highest BCUT2D eigenvalue weighted by Crippen LogP contribution is 2.76. The number of aliphatic hydroxyl groups excluding tert-OH is 1. The van der Waals surface area contributed by atoms with Crippen molar-refractivity contribution in [2.45, 2.75) is 105 Å². The lowest BCUT2D eigenvalue weighted by atomic mass is 9.33. The molecule has 5 aliphatic carbocycles. The Balaban J connectivity index is 1.35. The Labute approximate surface area is 253 Å². The van der Waals surface area contributed by atoms with Gasteiger partial charge in [0.15, 0.2) is 0 Å². The van der Waals surface area contributed by atoms with Gasteiger partial charge in [0, 0.05) is 12.1 Å². The lowest BCUT2D eigenvalue weighted by Gasteiger charge is -2.72. The fourth-order valence-corrected chi connectivity index (χ4v) is 12.5. The second kappa shape index (κ2) is 9.89. The molecule has 232 valence electrons. The number of fused-ring (bicyclic) bond motifs is 7. The number of carbonyl (C=O) groups excluding carboxylic acids is 1. The number of hydrogen-bond acceptors (Lipinski definition) is 4. The summed E-state index contributed by atoms with van der Waals surface area (Å²) in [4.78, 5) is 12.0. The van der Waals surface area contributed by atoms with E-state index in [-0.39, 0.29) is 39.4 Å². The Bertz CT molecular complexity index is 1290. The molecule has 0 saturated heterocycles. The van der Waals surface area contributed by atoms with Crippen molar-refractivity contribution in [2.75, 3.05) is 13.7 Å². The predicted molar refractivity (Wildman–Crippen MR) is 166 cm³/mol. The molecule has 5 heteroatoms. The van der Waals surface area contributed by atoms with E-state index in [0.717, 1.165) is 24.8 Å². The molecule has 0 radical (unpaired) electrons. The number of nitrogens with two attached hydrogens (primary N) is 1.